The summed E-state index contributed by atoms with van der Waals surface area (Å²) in [5.41, 5.74) is 11.9. The number of carboxylic acid groups (broad SMARTS) is 1. The van der Waals surface area contributed by atoms with Gasteiger partial charge in [-0.2, -0.15) is 5.21 Å². The molecule has 5 unspecified atom stereocenters. The van der Waals surface area contributed by atoms with Gasteiger partial charge >= 0.3 is 12.2 Å². The lowest BCUT2D eigenvalue weighted by atomic mass is 9.74. The van der Waals surface area contributed by atoms with Gasteiger partial charge in [0.2, 0.25) is 5.91 Å². The Morgan fingerprint density at radius 3 is 1.87 bits per heavy atom. The van der Waals surface area contributed by atoms with Gasteiger partial charge in [-0.3, -0.25) is 4.79 Å². The molecule has 0 saturated carbocycles. The number of carbonyl (C=O) groups is 3. The van der Waals surface area contributed by atoms with E-state index in [-0.39, 0.29) is 23.8 Å². The second kappa shape index (κ2) is 16.1. The third-order valence-electron chi connectivity index (χ3n) is 14.0. The Kier molecular flexibility index (Phi) is 10.8. The number of aromatic amines is 2. The van der Waals surface area contributed by atoms with Crippen molar-refractivity contribution in [1.82, 2.24) is 35.2 Å². The predicted molar refractivity (Wildman–Crippen MR) is 219 cm³/mol. The molecule has 318 valence electrons. The summed E-state index contributed by atoms with van der Waals surface area (Å²) in [5.74, 6) is 1.16. The van der Waals surface area contributed by atoms with Gasteiger partial charge in [-0.1, -0.05) is 18.6 Å². The zero-order valence-corrected chi connectivity index (χ0v) is 35.0. The van der Waals surface area contributed by atoms with E-state index in [1.807, 2.05) is 31.1 Å². The maximum absolute atomic E-state index is 13.7. The van der Waals surface area contributed by atoms with Crippen LogP contribution >= 0.6 is 0 Å². The highest BCUT2D eigenvalue weighted by Crippen LogP contribution is 2.46. The van der Waals surface area contributed by atoms with Crippen LogP contribution in [0.2, 0.25) is 0 Å². The van der Waals surface area contributed by atoms with Gasteiger partial charge in [0.25, 0.3) is 0 Å². The first kappa shape index (κ1) is 40.3. The van der Waals surface area contributed by atoms with Crippen LogP contribution in [0.5, 0.6) is 0 Å². The van der Waals surface area contributed by atoms with Crippen molar-refractivity contribution in [2.45, 2.75) is 109 Å². The number of methoxy groups -OCH3 is 1. The molecule has 0 spiro atoms. The minimum Gasteiger partial charge on any atom is -0.494 e. The Bertz CT molecular complexity index is 2250. The number of hydrogen-bond acceptors (Lipinski definition) is 10. The Hall–Kier alpha value is -5.09. The lowest BCUT2D eigenvalue weighted by molar-refractivity contribution is -1.16. The number of quaternary nitrogens is 1. The van der Waals surface area contributed by atoms with Gasteiger partial charge in [-0.25, -0.2) is 14.8 Å². The van der Waals surface area contributed by atoms with Crippen LogP contribution in [0.1, 0.15) is 105 Å². The molecule has 3 saturated heterocycles. The van der Waals surface area contributed by atoms with Gasteiger partial charge in [0.1, 0.15) is 29.8 Å². The zero-order chi connectivity index (χ0) is 41.9. The average molecular weight is 821 g/mol. The van der Waals surface area contributed by atoms with E-state index in [0.717, 1.165) is 73.3 Å². The third-order valence-corrected chi connectivity index (χ3v) is 14.0. The standard InChI is InChI=1S/C45H56N8O7/c1-25(2)40(50-44(55)59-4)43(54)51-15-5-7-36(51)41-46-23-34(48-41)32-19-28-9-11-30-21-33(22-31-12-10-29(20-32)38(28)39(30)31)35-24-47-42(49-35)37-8-6-16-52(37)53(58,45(56)57)26(3)27-13-17-60-18-14-27/h19-27,36-37,40,58H,5-18H2,1-4H3,(H3-,46,47,48,49,50,55,56,57). The Labute approximate surface area is 350 Å². The smallest absolute Gasteiger partial charge is 0.407 e. The highest BCUT2D eigenvalue weighted by molar-refractivity contribution is 5.87. The number of imidazole rings is 2. The fourth-order valence-corrected chi connectivity index (χ4v) is 10.7. The van der Waals surface area contributed by atoms with E-state index in [9.17, 15) is 24.7 Å². The molecular formula is C45H56N8O7. The molecule has 60 heavy (non-hydrogen) atoms. The minimum absolute atomic E-state index is 0.00687. The normalized spacial score (nSPS) is 22.3. The van der Waals surface area contributed by atoms with E-state index >= 15 is 0 Å². The van der Waals surface area contributed by atoms with E-state index < -0.39 is 35.1 Å². The predicted octanol–water partition coefficient (Wildman–Crippen LogP) is 5.79. The van der Waals surface area contributed by atoms with Gasteiger partial charge in [-0.15, -0.1) is 5.01 Å². The molecule has 2 aromatic heterocycles. The van der Waals surface area contributed by atoms with Crippen molar-refractivity contribution in [3.63, 3.8) is 0 Å². The molecular weight excluding hydrogens is 765 g/mol. The van der Waals surface area contributed by atoms with Crippen molar-refractivity contribution in [2.75, 3.05) is 33.4 Å². The number of hydroxylamine groups is 2. The molecule has 15 heteroatoms. The number of ether oxygens (including phenoxy) is 2. The molecule has 0 bridgehead atoms. The lowest BCUT2D eigenvalue weighted by Gasteiger charge is -2.45. The Morgan fingerprint density at radius 2 is 1.35 bits per heavy atom. The number of H-pyrrole nitrogens is 2. The second-order valence-corrected chi connectivity index (χ2v) is 17.7. The van der Waals surface area contributed by atoms with Gasteiger partial charge in [0.05, 0.1) is 43.5 Å². The zero-order valence-electron chi connectivity index (χ0n) is 35.0. The van der Waals surface area contributed by atoms with Crippen LogP contribution in [0.3, 0.4) is 0 Å². The first-order valence-electron chi connectivity index (χ1n) is 21.7. The number of likely N-dealkylation sites (tertiary alicyclic amines) is 1. The molecule has 15 nitrogen and oxygen atoms in total. The van der Waals surface area contributed by atoms with E-state index in [0.29, 0.717) is 51.4 Å². The number of nitrogens with zero attached hydrogens (tertiary/aromatic N) is 5. The summed E-state index contributed by atoms with van der Waals surface area (Å²) in [6.07, 6.45) is 9.62. The van der Waals surface area contributed by atoms with Crippen molar-refractivity contribution in [3.05, 3.63) is 70.6 Å². The monoisotopic (exact) mass is 820 g/mol. The Balaban J connectivity index is 0.949. The highest BCUT2D eigenvalue weighted by atomic mass is 16.7. The summed E-state index contributed by atoms with van der Waals surface area (Å²) in [5, 5.41) is 28.9. The maximum Gasteiger partial charge on any atom is 0.407 e. The molecule has 9 rings (SSSR count). The molecule has 4 N–H and O–H groups in total. The van der Waals surface area contributed by atoms with Crippen molar-refractivity contribution >= 4 is 18.1 Å². The minimum atomic E-state index is -1.51. The topological polar surface area (TPSA) is 189 Å². The molecule has 5 aliphatic rings. The van der Waals surface area contributed by atoms with Gasteiger partial charge in [0.15, 0.2) is 0 Å². The summed E-state index contributed by atoms with van der Waals surface area (Å²) in [6, 6.07) is 7.24. The number of rotatable bonds is 10. The number of nitrogens with one attached hydrogen (secondary N) is 3. The molecule has 3 fully saturated rings. The summed E-state index contributed by atoms with van der Waals surface area (Å²) in [6.45, 7) is 7.77. The van der Waals surface area contributed by atoms with Gasteiger partial charge < -0.3 is 39.6 Å². The summed E-state index contributed by atoms with van der Waals surface area (Å²) >= 11 is 0. The molecule has 3 aliphatic heterocycles. The molecule has 4 aromatic rings. The van der Waals surface area contributed by atoms with Crippen molar-refractivity contribution in [2.24, 2.45) is 11.8 Å². The van der Waals surface area contributed by atoms with Crippen LogP contribution in [-0.2, 0) is 40.0 Å². The number of amides is 3. The second-order valence-electron chi connectivity index (χ2n) is 17.7. The van der Waals surface area contributed by atoms with Gasteiger partial charge in [0, 0.05) is 36.8 Å². The highest BCUT2D eigenvalue weighted by Gasteiger charge is 2.52. The summed E-state index contributed by atoms with van der Waals surface area (Å²) in [7, 11) is 1.30. The first-order valence-corrected chi connectivity index (χ1v) is 21.7. The van der Waals surface area contributed by atoms with Crippen LogP contribution in [0.25, 0.3) is 33.6 Å². The van der Waals surface area contributed by atoms with E-state index in [1.54, 1.807) is 11.9 Å². The first-order chi connectivity index (χ1) is 29.0. The van der Waals surface area contributed by atoms with Crippen LogP contribution in [0, 0.1) is 11.8 Å². The maximum atomic E-state index is 13.7. The molecule has 5 atom stereocenters. The molecule has 5 heterocycles. The number of benzene rings is 2. The summed E-state index contributed by atoms with van der Waals surface area (Å²) < 4.78 is 9.06. The van der Waals surface area contributed by atoms with Crippen molar-refractivity contribution < 1.29 is 38.9 Å². The molecule has 3 amide bonds. The van der Waals surface area contributed by atoms with Crippen molar-refractivity contribution in [1.29, 1.82) is 0 Å². The fraction of sp³-hybridized carbons (Fsp3) is 0.533. The molecule has 2 aliphatic carbocycles. The van der Waals surface area contributed by atoms with Crippen LogP contribution in [-0.4, -0.2) is 103 Å². The molecule has 0 radical (unpaired) electrons. The van der Waals surface area contributed by atoms with Gasteiger partial charge in [-0.05, 0) is 135 Å². The largest absolute Gasteiger partial charge is 0.494 e. The lowest BCUT2D eigenvalue weighted by Crippen LogP contribution is -2.70. The number of alkyl carbamates (subject to hydrolysis) is 1. The van der Waals surface area contributed by atoms with Crippen molar-refractivity contribution in [3.8, 4) is 33.6 Å². The number of aromatic nitrogens is 4. The number of hydrogen-bond donors (Lipinski definition) is 4. The van der Waals surface area contributed by atoms with E-state index in [4.69, 9.17) is 19.4 Å². The number of carbonyl (C=O) groups excluding carboxylic acids is 3. The average Bonchev–Trinajstić information content (AvgIpc) is 4.11. The van der Waals surface area contributed by atoms with E-state index in [1.165, 1.54) is 40.5 Å². The van der Waals surface area contributed by atoms with Crippen LogP contribution < -0.4 is 10.4 Å². The third kappa shape index (κ3) is 6.98. The SMILES string of the molecule is COC(=O)NC(C(=O)N1CCCC1c1ncc(-c2cc3c4c(c2)CCc2cc(-c5cnc(C6CCCN6[N+](O)(C(=O)[O-])C(C)C6CCOCC6)[nH]5)cc(c2-4)CC3)[nH]1)C(C)C. The number of aryl methyl sites for hydroxylation is 4. The molecule has 2 aromatic carbocycles. The Morgan fingerprint density at radius 1 is 0.833 bits per heavy atom. The quantitative estimate of drug-likeness (QED) is 0.0866. The summed E-state index contributed by atoms with van der Waals surface area (Å²) in [4.78, 5) is 57.0. The van der Waals surface area contributed by atoms with Crippen LogP contribution in [0.15, 0.2) is 36.7 Å². The van der Waals surface area contributed by atoms with Crippen LogP contribution in [0.4, 0.5) is 9.59 Å². The van der Waals surface area contributed by atoms with E-state index in [2.05, 4.69) is 39.6 Å². The fourth-order valence-electron chi connectivity index (χ4n) is 10.7.